The number of aryl methyl sites for hydroxylation is 2. The molecular formula is C15H17N. The summed E-state index contributed by atoms with van der Waals surface area (Å²) in [7, 11) is 0. The minimum absolute atomic E-state index is 0.235. The van der Waals surface area contributed by atoms with Crippen molar-refractivity contribution in [1.82, 2.24) is 0 Å². The van der Waals surface area contributed by atoms with E-state index in [9.17, 15) is 0 Å². The fourth-order valence-corrected chi connectivity index (χ4v) is 2.83. The molecule has 16 heavy (non-hydrogen) atoms. The van der Waals surface area contributed by atoms with Crippen molar-refractivity contribution in [2.24, 2.45) is 5.73 Å². The standard InChI is InChI=1S/C15H17N/c1-10(16)9-13-8-7-12-6-5-11-3-2-4-14(13)15(11)12/h2-4,7-8,10H,5-6,9,16H2,1H3. The van der Waals surface area contributed by atoms with E-state index in [1.807, 2.05) is 0 Å². The molecule has 2 aromatic carbocycles. The molecule has 1 unspecified atom stereocenters. The second-order valence-corrected chi connectivity index (χ2v) is 4.90. The summed E-state index contributed by atoms with van der Waals surface area (Å²) >= 11 is 0. The molecule has 82 valence electrons. The van der Waals surface area contributed by atoms with Crippen LogP contribution in [0.1, 0.15) is 23.6 Å². The van der Waals surface area contributed by atoms with Gasteiger partial charge in [0.2, 0.25) is 0 Å². The van der Waals surface area contributed by atoms with E-state index in [4.69, 9.17) is 5.73 Å². The van der Waals surface area contributed by atoms with Gasteiger partial charge in [-0.15, -0.1) is 0 Å². The van der Waals surface area contributed by atoms with Crippen molar-refractivity contribution in [1.29, 1.82) is 0 Å². The van der Waals surface area contributed by atoms with Gasteiger partial charge < -0.3 is 5.73 Å². The van der Waals surface area contributed by atoms with Gasteiger partial charge in [0, 0.05) is 6.04 Å². The van der Waals surface area contributed by atoms with Crippen molar-refractivity contribution in [3.8, 4) is 0 Å². The smallest absolute Gasteiger partial charge is 0.00511 e. The molecule has 0 spiro atoms. The highest BCUT2D eigenvalue weighted by atomic mass is 14.6. The lowest BCUT2D eigenvalue weighted by atomic mass is 9.96. The quantitative estimate of drug-likeness (QED) is 0.812. The third kappa shape index (κ3) is 1.43. The number of hydrogen-bond donors (Lipinski definition) is 1. The van der Waals surface area contributed by atoms with Gasteiger partial charge in [0.15, 0.2) is 0 Å². The van der Waals surface area contributed by atoms with Gasteiger partial charge in [-0.3, -0.25) is 0 Å². The van der Waals surface area contributed by atoms with E-state index < -0.39 is 0 Å². The molecule has 0 radical (unpaired) electrons. The zero-order valence-electron chi connectivity index (χ0n) is 9.66. The Morgan fingerprint density at radius 2 is 1.88 bits per heavy atom. The maximum absolute atomic E-state index is 5.91. The van der Waals surface area contributed by atoms with E-state index in [1.165, 1.54) is 40.3 Å². The molecule has 2 N–H and O–H groups in total. The molecule has 1 aliphatic carbocycles. The maximum atomic E-state index is 5.91. The van der Waals surface area contributed by atoms with Crippen molar-refractivity contribution in [3.05, 3.63) is 47.0 Å². The topological polar surface area (TPSA) is 26.0 Å². The van der Waals surface area contributed by atoms with E-state index >= 15 is 0 Å². The van der Waals surface area contributed by atoms with E-state index in [0.29, 0.717) is 0 Å². The Morgan fingerprint density at radius 1 is 1.12 bits per heavy atom. The largest absolute Gasteiger partial charge is 0.328 e. The van der Waals surface area contributed by atoms with Gasteiger partial charge in [-0.2, -0.15) is 0 Å². The van der Waals surface area contributed by atoms with Crippen molar-refractivity contribution >= 4 is 10.8 Å². The minimum atomic E-state index is 0.235. The van der Waals surface area contributed by atoms with Crippen LogP contribution in [0.2, 0.25) is 0 Å². The summed E-state index contributed by atoms with van der Waals surface area (Å²) in [5.74, 6) is 0. The number of nitrogens with two attached hydrogens (primary N) is 1. The molecular weight excluding hydrogens is 194 g/mol. The molecule has 3 rings (SSSR count). The predicted molar refractivity (Wildman–Crippen MR) is 68.7 cm³/mol. The maximum Gasteiger partial charge on any atom is 0.00511 e. The second-order valence-electron chi connectivity index (χ2n) is 4.90. The van der Waals surface area contributed by atoms with E-state index in [1.54, 1.807) is 0 Å². The van der Waals surface area contributed by atoms with E-state index in [-0.39, 0.29) is 6.04 Å². The molecule has 1 atom stereocenters. The molecule has 1 nitrogen and oxygen atoms in total. The Balaban J connectivity index is 2.25. The molecule has 0 aromatic heterocycles. The number of hydrogen-bond acceptors (Lipinski definition) is 1. The fraction of sp³-hybridized carbons (Fsp3) is 0.333. The highest BCUT2D eigenvalue weighted by Crippen LogP contribution is 2.32. The first-order valence-electron chi connectivity index (χ1n) is 6.03. The highest BCUT2D eigenvalue weighted by molar-refractivity contribution is 5.93. The minimum Gasteiger partial charge on any atom is -0.328 e. The molecule has 2 aromatic rings. The summed E-state index contributed by atoms with van der Waals surface area (Å²) in [6.07, 6.45) is 3.38. The van der Waals surface area contributed by atoms with Gasteiger partial charge in [0.25, 0.3) is 0 Å². The van der Waals surface area contributed by atoms with Crippen LogP contribution in [0.4, 0.5) is 0 Å². The van der Waals surface area contributed by atoms with Crippen LogP contribution < -0.4 is 5.73 Å². The lowest BCUT2D eigenvalue weighted by Crippen LogP contribution is -2.17. The summed E-state index contributed by atoms with van der Waals surface area (Å²) in [5.41, 5.74) is 10.3. The van der Waals surface area contributed by atoms with Crippen LogP contribution in [0, 0.1) is 0 Å². The molecule has 0 amide bonds. The Morgan fingerprint density at radius 3 is 2.62 bits per heavy atom. The zero-order chi connectivity index (χ0) is 11.1. The molecule has 0 saturated carbocycles. The number of benzene rings is 2. The Hall–Kier alpha value is -1.34. The second kappa shape index (κ2) is 3.60. The van der Waals surface area contributed by atoms with Crippen LogP contribution in [0.5, 0.6) is 0 Å². The predicted octanol–water partition coefficient (Wildman–Crippen LogP) is 2.83. The van der Waals surface area contributed by atoms with Gasteiger partial charge in [0.1, 0.15) is 0 Å². The van der Waals surface area contributed by atoms with E-state index in [0.717, 1.165) is 6.42 Å². The summed E-state index contributed by atoms with van der Waals surface area (Å²) in [6.45, 7) is 2.07. The fourth-order valence-electron chi connectivity index (χ4n) is 2.83. The highest BCUT2D eigenvalue weighted by Gasteiger charge is 2.15. The average Bonchev–Trinajstić information content (AvgIpc) is 2.67. The molecule has 1 aliphatic rings. The molecule has 1 heteroatoms. The Labute approximate surface area is 96.3 Å². The number of rotatable bonds is 2. The van der Waals surface area contributed by atoms with Crippen molar-refractivity contribution in [2.75, 3.05) is 0 Å². The van der Waals surface area contributed by atoms with Gasteiger partial charge in [0.05, 0.1) is 0 Å². The lowest BCUT2D eigenvalue weighted by molar-refractivity contribution is 0.741. The van der Waals surface area contributed by atoms with Crippen molar-refractivity contribution < 1.29 is 0 Å². The molecule has 0 bridgehead atoms. The van der Waals surface area contributed by atoms with Crippen LogP contribution in [0.15, 0.2) is 30.3 Å². The monoisotopic (exact) mass is 211 g/mol. The Kier molecular flexibility index (Phi) is 2.22. The van der Waals surface area contributed by atoms with Crippen LogP contribution in [-0.2, 0) is 19.3 Å². The van der Waals surface area contributed by atoms with Gasteiger partial charge in [-0.05, 0) is 53.6 Å². The van der Waals surface area contributed by atoms with Crippen LogP contribution in [0.25, 0.3) is 10.8 Å². The molecule has 0 saturated heterocycles. The van der Waals surface area contributed by atoms with Gasteiger partial charge in [-0.25, -0.2) is 0 Å². The van der Waals surface area contributed by atoms with Crippen molar-refractivity contribution in [3.63, 3.8) is 0 Å². The SMILES string of the molecule is CC(N)Cc1ccc2c3c(cccc13)CC2. The first kappa shape index (κ1) is 9.86. The van der Waals surface area contributed by atoms with Gasteiger partial charge in [-0.1, -0.05) is 30.3 Å². The third-order valence-electron chi connectivity index (χ3n) is 3.51. The average molecular weight is 211 g/mol. The van der Waals surface area contributed by atoms with Crippen LogP contribution >= 0.6 is 0 Å². The zero-order valence-corrected chi connectivity index (χ0v) is 9.66. The van der Waals surface area contributed by atoms with Crippen LogP contribution in [0.3, 0.4) is 0 Å². The first-order chi connectivity index (χ1) is 7.75. The normalized spacial score (nSPS) is 15.6. The first-order valence-corrected chi connectivity index (χ1v) is 6.03. The lowest BCUT2D eigenvalue weighted by Gasteiger charge is -2.10. The Bertz CT molecular complexity index is 530. The molecule has 0 aliphatic heterocycles. The van der Waals surface area contributed by atoms with Gasteiger partial charge >= 0.3 is 0 Å². The summed E-state index contributed by atoms with van der Waals surface area (Å²) in [6, 6.07) is 11.5. The summed E-state index contributed by atoms with van der Waals surface area (Å²) in [5, 5.41) is 2.92. The van der Waals surface area contributed by atoms with Crippen LogP contribution in [-0.4, -0.2) is 6.04 Å². The van der Waals surface area contributed by atoms with E-state index in [2.05, 4.69) is 37.3 Å². The third-order valence-corrected chi connectivity index (χ3v) is 3.51. The summed E-state index contributed by atoms with van der Waals surface area (Å²) < 4.78 is 0. The molecule has 0 heterocycles. The molecule has 0 fully saturated rings. The van der Waals surface area contributed by atoms with Crippen molar-refractivity contribution in [2.45, 2.75) is 32.2 Å². The summed E-state index contributed by atoms with van der Waals surface area (Å²) in [4.78, 5) is 0.